The summed E-state index contributed by atoms with van der Waals surface area (Å²) in [6, 6.07) is -0.491. The van der Waals surface area contributed by atoms with Gasteiger partial charge in [0.25, 0.3) is 0 Å². The van der Waals surface area contributed by atoms with E-state index in [0.717, 1.165) is 0 Å². The van der Waals surface area contributed by atoms with E-state index in [0.29, 0.717) is 13.0 Å². The first-order valence-corrected chi connectivity index (χ1v) is 7.44. The number of piperidine rings is 1. The number of aliphatic hydroxyl groups is 1. The van der Waals surface area contributed by atoms with Crippen LogP contribution in [0.5, 0.6) is 0 Å². The van der Waals surface area contributed by atoms with Crippen molar-refractivity contribution in [2.45, 2.75) is 50.9 Å². The van der Waals surface area contributed by atoms with E-state index >= 15 is 0 Å². The minimum atomic E-state index is -4.66. The molecule has 22 heavy (non-hydrogen) atoms. The van der Waals surface area contributed by atoms with Crippen molar-refractivity contribution in [3.8, 4) is 0 Å². The smallest absolute Gasteiger partial charge is 0.385 e. The molecule has 0 aromatic rings. The van der Waals surface area contributed by atoms with Crippen molar-refractivity contribution in [1.82, 2.24) is 10.2 Å². The standard InChI is InChI=1S/C14H25F3N2O3/c1-10(2)11(4-9-22-3)18-12(20)19-7-5-13(21,6-8-19)14(15,16)17/h10-11,21H,4-9H2,1-3H3,(H,18,20)/t11-/m1/s1. The number of nitrogens with one attached hydrogen (secondary N) is 1. The number of hydrogen-bond acceptors (Lipinski definition) is 3. The Morgan fingerprint density at radius 1 is 1.36 bits per heavy atom. The molecule has 0 spiro atoms. The molecule has 0 aromatic heterocycles. The first-order valence-electron chi connectivity index (χ1n) is 7.44. The number of carbonyl (C=O) groups excluding carboxylic acids is 1. The van der Waals surface area contributed by atoms with E-state index in [1.54, 1.807) is 7.11 Å². The Morgan fingerprint density at radius 2 is 1.91 bits per heavy atom. The zero-order chi connectivity index (χ0) is 17.0. The van der Waals surface area contributed by atoms with Gasteiger partial charge in [-0.15, -0.1) is 0 Å². The van der Waals surface area contributed by atoms with Gasteiger partial charge in [0.05, 0.1) is 0 Å². The molecule has 1 heterocycles. The summed E-state index contributed by atoms with van der Waals surface area (Å²) >= 11 is 0. The molecular formula is C14H25F3N2O3. The Hall–Kier alpha value is -1.02. The van der Waals surface area contributed by atoms with Gasteiger partial charge in [-0.3, -0.25) is 0 Å². The number of amides is 2. The van der Waals surface area contributed by atoms with Gasteiger partial charge in [0.1, 0.15) is 0 Å². The van der Waals surface area contributed by atoms with Crippen LogP contribution in [0.25, 0.3) is 0 Å². The second kappa shape index (κ2) is 7.50. The van der Waals surface area contributed by atoms with E-state index in [2.05, 4.69) is 5.32 Å². The van der Waals surface area contributed by atoms with Gasteiger partial charge in [-0.1, -0.05) is 13.8 Å². The maximum atomic E-state index is 12.7. The summed E-state index contributed by atoms with van der Waals surface area (Å²) < 4.78 is 43.2. The molecule has 0 aromatic carbocycles. The fraction of sp³-hybridized carbons (Fsp3) is 0.929. The molecule has 0 radical (unpaired) electrons. The van der Waals surface area contributed by atoms with Crippen LogP contribution in [0.3, 0.4) is 0 Å². The van der Waals surface area contributed by atoms with Gasteiger partial charge in [0.2, 0.25) is 0 Å². The molecule has 1 atom stereocenters. The highest BCUT2D eigenvalue weighted by Gasteiger charge is 2.54. The number of likely N-dealkylation sites (tertiary alicyclic amines) is 1. The number of rotatable bonds is 5. The molecule has 8 heteroatoms. The molecule has 1 fully saturated rings. The Balaban J connectivity index is 2.54. The van der Waals surface area contributed by atoms with Gasteiger partial charge in [0.15, 0.2) is 5.60 Å². The maximum Gasteiger partial charge on any atom is 0.417 e. The van der Waals surface area contributed by atoms with E-state index in [9.17, 15) is 23.1 Å². The minimum Gasteiger partial charge on any atom is -0.385 e. The topological polar surface area (TPSA) is 61.8 Å². The second-order valence-corrected chi connectivity index (χ2v) is 6.10. The lowest BCUT2D eigenvalue weighted by Crippen LogP contribution is -2.57. The molecule has 0 aliphatic carbocycles. The third-order valence-electron chi connectivity index (χ3n) is 4.15. The number of halogens is 3. The number of nitrogens with zero attached hydrogens (tertiary/aromatic N) is 1. The van der Waals surface area contributed by atoms with Crippen LogP contribution in [0.15, 0.2) is 0 Å². The maximum absolute atomic E-state index is 12.7. The molecule has 2 amide bonds. The fourth-order valence-electron chi connectivity index (χ4n) is 2.43. The van der Waals surface area contributed by atoms with Crippen LogP contribution in [-0.2, 0) is 4.74 Å². The van der Waals surface area contributed by atoms with Gasteiger partial charge >= 0.3 is 12.2 Å². The predicted molar refractivity (Wildman–Crippen MR) is 75.5 cm³/mol. The van der Waals surface area contributed by atoms with Gasteiger partial charge < -0.3 is 20.1 Å². The zero-order valence-corrected chi connectivity index (χ0v) is 13.2. The van der Waals surface area contributed by atoms with Crippen molar-refractivity contribution in [1.29, 1.82) is 0 Å². The highest BCUT2D eigenvalue weighted by molar-refractivity contribution is 5.74. The van der Waals surface area contributed by atoms with Crippen molar-refractivity contribution < 1.29 is 27.8 Å². The van der Waals surface area contributed by atoms with Crippen molar-refractivity contribution in [2.24, 2.45) is 5.92 Å². The van der Waals surface area contributed by atoms with Crippen LogP contribution in [-0.4, -0.2) is 60.7 Å². The van der Waals surface area contributed by atoms with Crippen molar-refractivity contribution in [3.05, 3.63) is 0 Å². The Morgan fingerprint density at radius 3 is 2.32 bits per heavy atom. The summed E-state index contributed by atoms with van der Waals surface area (Å²) in [6.45, 7) is 4.18. The second-order valence-electron chi connectivity index (χ2n) is 6.10. The zero-order valence-electron chi connectivity index (χ0n) is 13.2. The number of carbonyl (C=O) groups is 1. The third-order valence-corrected chi connectivity index (χ3v) is 4.15. The Labute approximate surface area is 128 Å². The number of methoxy groups -OCH3 is 1. The SMILES string of the molecule is COCC[C@@H](NC(=O)N1CCC(O)(C(F)(F)F)CC1)C(C)C. The molecule has 0 bridgehead atoms. The van der Waals surface area contributed by atoms with E-state index < -0.39 is 24.6 Å². The lowest BCUT2D eigenvalue weighted by molar-refractivity contribution is -0.271. The molecule has 2 N–H and O–H groups in total. The summed E-state index contributed by atoms with van der Waals surface area (Å²) in [5.41, 5.74) is -2.68. The van der Waals surface area contributed by atoms with Crippen LogP contribution < -0.4 is 5.32 Å². The molecule has 130 valence electrons. The summed E-state index contributed by atoms with van der Waals surface area (Å²) in [5, 5.41) is 12.4. The van der Waals surface area contributed by atoms with Crippen molar-refractivity contribution in [3.63, 3.8) is 0 Å². The van der Waals surface area contributed by atoms with Crippen LogP contribution >= 0.6 is 0 Å². The van der Waals surface area contributed by atoms with E-state index in [1.807, 2.05) is 13.8 Å². The monoisotopic (exact) mass is 326 g/mol. The fourth-order valence-corrected chi connectivity index (χ4v) is 2.43. The summed E-state index contributed by atoms with van der Waals surface area (Å²) in [7, 11) is 1.57. The molecule has 1 aliphatic heterocycles. The molecule has 1 aliphatic rings. The molecule has 0 unspecified atom stereocenters. The third kappa shape index (κ3) is 4.74. The average molecular weight is 326 g/mol. The molecule has 0 saturated carbocycles. The molecule has 5 nitrogen and oxygen atoms in total. The Bertz CT molecular complexity index is 367. The predicted octanol–water partition coefficient (Wildman–Crippen LogP) is 2.15. The first-order chi connectivity index (χ1) is 10.1. The number of urea groups is 1. The van der Waals surface area contributed by atoms with Gasteiger partial charge in [-0.2, -0.15) is 13.2 Å². The first kappa shape index (κ1) is 19.0. The van der Waals surface area contributed by atoms with E-state index in [1.165, 1.54) is 4.90 Å². The quantitative estimate of drug-likeness (QED) is 0.814. The highest BCUT2D eigenvalue weighted by Crippen LogP contribution is 2.38. The Kier molecular flexibility index (Phi) is 6.49. The lowest BCUT2D eigenvalue weighted by atomic mass is 9.91. The lowest BCUT2D eigenvalue weighted by Gasteiger charge is -2.39. The summed E-state index contributed by atoms with van der Waals surface area (Å²) in [4.78, 5) is 13.5. The number of alkyl halides is 3. The average Bonchev–Trinajstić information content (AvgIpc) is 2.42. The number of hydrogen-bond donors (Lipinski definition) is 2. The normalized spacial score (nSPS) is 20.1. The van der Waals surface area contributed by atoms with Crippen LogP contribution in [0, 0.1) is 5.92 Å². The minimum absolute atomic E-state index is 0.101. The molecule has 1 rings (SSSR count). The van der Waals surface area contributed by atoms with Crippen LogP contribution in [0.2, 0.25) is 0 Å². The number of ether oxygens (including phenoxy) is 1. The molecular weight excluding hydrogens is 301 g/mol. The van der Waals surface area contributed by atoms with Gasteiger partial charge in [0, 0.05) is 45.7 Å². The van der Waals surface area contributed by atoms with E-state index in [4.69, 9.17) is 4.74 Å². The summed E-state index contributed by atoms with van der Waals surface area (Å²) in [5.74, 6) is 0.191. The molecule has 1 saturated heterocycles. The summed E-state index contributed by atoms with van der Waals surface area (Å²) in [6.07, 6.45) is -5.00. The van der Waals surface area contributed by atoms with E-state index in [-0.39, 0.29) is 31.1 Å². The highest BCUT2D eigenvalue weighted by atomic mass is 19.4. The largest absolute Gasteiger partial charge is 0.417 e. The van der Waals surface area contributed by atoms with Crippen LogP contribution in [0.4, 0.5) is 18.0 Å². The van der Waals surface area contributed by atoms with Gasteiger partial charge in [-0.25, -0.2) is 4.79 Å². The van der Waals surface area contributed by atoms with Gasteiger partial charge in [-0.05, 0) is 12.3 Å². The van der Waals surface area contributed by atoms with Crippen molar-refractivity contribution in [2.75, 3.05) is 26.8 Å². The van der Waals surface area contributed by atoms with Crippen LogP contribution in [0.1, 0.15) is 33.1 Å². The van der Waals surface area contributed by atoms with Crippen molar-refractivity contribution >= 4 is 6.03 Å².